The molecule has 1 aliphatic carbocycles. The molecule has 2 fully saturated rings. The van der Waals surface area contributed by atoms with Gasteiger partial charge >= 0.3 is 12.5 Å². The molecule has 1 saturated carbocycles. The van der Waals surface area contributed by atoms with Crippen molar-refractivity contribution in [1.29, 1.82) is 0 Å². The van der Waals surface area contributed by atoms with E-state index in [0.29, 0.717) is 55.1 Å². The maximum atomic E-state index is 14.0. The van der Waals surface area contributed by atoms with E-state index in [1.807, 2.05) is 16.1 Å². The summed E-state index contributed by atoms with van der Waals surface area (Å²) in [7, 11) is 0. The number of alkyl halides is 5. The highest BCUT2D eigenvalue weighted by molar-refractivity contribution is 5.97. The van der Waals surface area contributed by atoms with Gasteiger partial charge in [0, 0.05) is 60.8 Å². The third kappa shape index (κ3) is 6.19. The lowest BCUT2D eigenvalue weighted by Crippen LogP contribution is -2.50. The predicted octanol–water partition coefficient (Wildman–Crippen LogP) is 4.88. The van der Waals surface area contributed by atoms with Gasteiger partial charge in [-0.1, -0.05) is 18.6 Å². The Morgan fingerprint density at radius 3 is 2.61 bits per heavy atom. The summed E-state index contributed by atoms with van der Waals surface area (Å²) in [6.07, 6.45) is 2.14. The third-order valence-electron chi connectivity index (χ3n) is 8.91. The monoisotopic (exact) mass is 648 g/mol. The number of H-pyrrole nitrogens is 1. The van der Waals surface area contributed by atoms with Crippen LogP contribution in [0.4, 0.5) is 33.3 Å². The van der Waals surface area contributed by atoms with Crippen molar-refractivity contribution in [3.8, 4) is 5.75 Å². The Hall–Kier alpha value is -4.40. The Balaban J connectivity index is 1.19. The van der Waals surface area contributed by atoms with Gasteiger partial charge in [-0.15, -0.1) is 8.78 Å². The van der Waals surface area contributed by atoms with Crippen molar-refractivity contribution in [1.82, 2.24) is 20.4 Å². The van der Waals surface area contributed by atoms with Gasteiger partial charge in [0.2, 0.25) is 0 Å². The van der Waals surface area contributed by atoms with Gasteiger partial charge in [-0.05, 0) is 50.5 Å². The molecule has 0 unspecified atom stereocenters. The Morgan fingerprint density at radius 2 is 1.91 bits per heavy atom. The number of allylic oxidation sites excluding steroid dienone is 3. The molecule has 0 spiro atoms. The normalized spacial score (nSPS) is 21.0. The zero-order valence-electron chi connectivity index (χ0n) is 24.9. The van der Waals surface area contributed by atoms with Crippen molar-refractivity contribution in [3.63, 3.8) is 0 Å². The average molecular weight is 649 g/mol. The molecular formula is C31H33F5N6O4. The number of amides is 1. The number of rotatable bonds is 7. The van der Waals surface area contributed by atoms with Gasteiger partial charge in [-0.2, -0.15) is 18.3 Å². The van der Waals surface area contributed by atoms with Gasteiger partial charge < -0.3 is 25.2 Å². The van der Waals surface area contributed by atoms with Crippen molar-refractivity contribution >= 4 is 17.3 Å². The first-order valence-corrected chi connectivity index (χ1v) is 15.0. The molecule has 1 atom stereocenters. The molecule has 3 N–H and O–H groups in total. The van der Waals surface area contributed by atoms with Crippen molar-refractivity contribution in [2.45, 2.75) is 57.7 Å². The van der Waals surface area contributed by atoms with Crippen LogP contribution in [0.1, 0.15) is 43.7 Å². The molecule has 246 valence electrons. The Bertz CT molecular complexity index is 1640. The second-order valence-electron chi connectivity index (χ2n) is 11.9. The van der Waals surface area contributed by atoms with Gasteiger partial charge in [0.25, 0.3) is 11.5 Å². The number of nitrogens with one attached hydrogen (secondary N) is 3. The van der Waals surface area contributed by atoms with E-state index in [-0.39, 0.29) is 18.3 Å². The highest BCUT2D eigenvalue weighted by Gasteiger charge is 2.45. The van der Waals surface area contributed by atoms with Crippen molar-refractivity contribution < 1.29 is 36.2 Å². The number of aromatic nitrogens is 2. The molecule has 15 heteroatoms. The van der Waals surface area contributed by atoms with E-state index >= 15 is 0 Å². The number of hydrogen-bond donors (Lipinski definition) is 3. The quantitative estimate of drug-likeness (QED) is 0.365. The van der Waals surface area contributed by atoms with E-state index in [1.54, 1.807) is 42.3 Å². The van der Waals surface area contributed by atoms with Crippen LogP contribution in [0.25, 0.3) is 0 Å². The number of piperazine rings is 1. The summed E-state index contributed by atoms with van der Waals surface area (Å²) in [6, 6.07) is 4.43. The molecule has 2 aromatic rings. The maximum absolute atomic E-state index is 14.0. The minimum Gasteiger partial charge on any atom is -0.409 e. The standard InChI is InChI=1S/C31H33F5N6O4/c1-19(39-22-17-38-40-27(43)25(22)30(32,33)34)16-29(9-5-10-29)26-20(6-2-3-11-37-26)28(44)42-14-12-41(13-15-42)23-7-4-8-24-21(23)18-45-31(35,36)46-24/h2-4,6-8,11,17,19,37H,5,9-10,12-16,18H2,1H3,(H2,39,40,43)/t19-/m0/s1. The summed E-state index contributed by atoms with van der Waals surface area (Å²) >= 11 is 0. The first-order chi connectivity index (χ1) is 21.9. The first-order valence-electron chi connectivity index (χ1n) is 15.0. The van der Waals surface area contributed by atoms with Crippen LogP contribution in [0.5, 0.6) is 5.75 Å². The van der Waals surface area contributed by atoms with E-state index in [1.165, 1.54) is 6.07 Å². The molecule has 1 saturated heterocycles. The van der Waals surface area contributed by atoms with Crippen LogP contribution in [0.3, 0.4) is 0 Å². The number of anilines is 2. The second-order valence-corrected chi connectivity index (χ2v) is 11.9. The fourth-order valence-electron chi connectivity index (χ4n) is 6.69. The molecule has 1 aromatic heterocycles. The van der Waals surface area contributed by atoms with E-state index in [0.717, 1.165) is 25.5 Å². The maximum Gasteiger partial charge on any atom is 0.535 e. The second kappa shape index (κ2) is 12.1. The van der Waals surface area contributed by atoms with E-state index in [9.17, 15) is 31.5 Å². The van der Waals surface area contributed by atoms with Gasteiger partial charge in [0.1, 0.15) is 11.3 Å². The molecule has 0 bridgehead atoms. The van der Waals surface area contributed by atoms with Crippen LogP contribution >= 0.6 is 0 Å². The summed E-state index contributed by atoms with van der Waals surface area (Å²) in [5.74, 6) is -0.128. The molecule has 4 heterocycles. The third-order valence-corrected chi connectivity index (χ3v) is 8.91. The summed E-state index contributed by atoms with van der Waals surface area (Å²) in [5.41, 5.74) is -1.17. The number of benzene rings is 1. The minimum atomic E-state index is -4.87. The first kappa shape index (κ1) is 31.6. The fraction of sp³-hybridized carbons (Fsp3) is 0.452. The number of halogens is 5. The van der Waals surface area contributed by atoms with Gasteiger partial charge in [-0.25, -0.2) is 5.10 Å². The number of ether oxygens (including phenoxy) is 2. The highest BCUT2D eigenvalue weighted by Crippen LogP contribution is 2.51. The summed E-state index contributed by atoms with van der Waals surface area (Å²) in [5, 5.41) is 11.5. The molecular weight excluding hydrogens is 615 g/mol. The van der Waals surface area contributed by atoms with E-state index in [4.69, 9.17) is 4.74 Å². The number of carbonyl (C=O) groups excluding carboxylic acids is 1. The predicted molar refractivity (Wildman–Crippen MR) is 158 cm³/mol. The molecule has 1 aromatic carbocycles. The lowest BCUT2D eigenvalue weighted by molar-refractivity contribution is -0.367. The Labute approximate surface area is 260 Å². The van der Waals surface area contributed by atoms with Crippen LogP contribution in [0, 0.1) is 5.41 Å². The number of nitrogens with zero attached hydrogens (tertiary/aromatic N) is 3. The zero-order valence-corrected chi connectivity index (χ0v) is 24.9. The minimum absolute atomic E-state index is 0.0590. The lowest BCUT2D eigenvalue weighted by atomic mass is 9.62. The number of aromatic amines is 1. The molecule has 6 rings (SSSR count). The number of fused-ring (bicyclic) bond motifs is 1. The number of hydrogen-bond acceptors (Lipinski definition) is 8. The average Bonchev–Trinajstić information content (AvgIpc) is 3.24. The number of carbonyl (C=O) groups is 1. The van der Waals surface area contributed by atoms with Crippen LogP contribution in [-0.4, -0.2) is 59.5 Å². The molecule has 1 amide bonds. The SMILES string of the molecule is C[C@@H](CC1(C2=C(C(=O)N3CCN(c4cccc5c4COC(F)(F)O5)CC3)C=CC=CN2)CCC1)Nc1cn[nH]c(=O)c1C(F)(F)F. The summed E-state index contributed by atoms with van der Waals surface area (Å²) in [6.45, 7) is 3.09. The molecule has 4 aliphatic rings. The molecule has 0 radical (unpaired) electrons. The van der Waals surface area contributed by atoms with Gasteiger partial charge in [-0.3, -0.25) is 14.3 Å². The fourth-order valence-corrected chi connectivity index (χ4v) is 6.69. The Kier molecular flexibility index (Phi) is 8.29. The summed E-state index contributed by atoms with van der Waals surface area (Å²) < 4.78 is 77.4. The van der Waals surface area contributed by atoms with Gasteiger partial charge in [0.15, 0.2) is 0 Å². The molecule has 3 aliphatic heterocycles. The van der Waals surface area contributed by atoms with Crippen LogP contribution in [0.2, 0.25) is 0 Å². The molecule has 10 nitrogen and oxygen atoms in total. The highest BCUT2D eigenvalue weighted by atomic mass is 19.4. The van der Waals surface area contributed by atoms with Gasteiger partial charge in [0.05, 0.1) is 24.1 Å². The van der Waals surface area contributed by atoms with Crippen molar-refractivity contribution in [2.75, 3.05) is 36.4 Å². The smallest absolute Gasteiger partial charge is 0.409 e. The summed E-state index contributed by atoms with van der Waals surface area (Å²) in [4.78, 5) is 29.8. The van der Waals surface area contributed by atoms with Crippen molar-refractivity contribution in [2.24, 2.45) is 5.41 Å². The van der Waals surface area contributed by atoms with E-state index in [2.05, 4.69) is 20.5 Å². The van der Waals surface area contributed by atoms with Crippen molar-refractivity contribution in [3.05, 3.63) is 81.6 Å². The zero-order chi connectivity index (χ0) is 32.7. The molecule has 46 heavy (non-hydrogen) atoms. The Morgan fingerprint density at radius 1 is 1.15 bits per heavy atom. The lowest BCUT2D eigenvalue weighted by Gasteiger charge is -2.46. The van der Waals surface area contributed by atoms with Crippen LogP contribution in [0.15, 0.2) is 64.9 Å². The topological polar surface area (TPSA) is 112 Å². The van der Waals surface area contributed by atoms with Crippen LogP contribution in [-0.2, 0) is 22.3 Å². The van der Waals surface area contributed by atoms with Crippen LogP contribution < -0.4 is 25.8 Å². The van der Waals surface area contributed by atoms with E-state index < -0.39 is 40.7 Å². The largest absolute Gasteiger partial charge is 0.535 e.